The van der Waals surface area contributed by atoms with E-state index < -0.39 is 5.97 Å². The number of rotatable bonds is 2. The number of anilines is 1. The van der Waals surface area contributed by atoms with Crippen LogP contribution in [0.2, 0.25) is 0 Å². The molecule has 0 aliphatic carbocycles. The van der Waals surface area contributed by atoms with Gasteiger partial charge in [0, 0.05) is 11.3 Å². The first kappa shape index (κ1) is 11.1. The van der Waals surface area contributed by atoms with E-state index in [1.54, 1.807) is 6.07 Å². The zero-order valence-corrected chi connectivity index (χ0v) is 9.34. The summed E-state index contributed by atoms with van der Waals surface area (Å²) in [6.45, 7) is 1.81. The van der Waals surface area contributed by atoms with Gasteiger partial charge in [0.05, 0.1) is 0 Å². The maximum absolute atomic E-state index is 11.0. The monoisotopic (exact) mass is 228 g/mol. The molecule has 0 radical (unpaired) electrons. The van der Waals surface area contributed by atoms with Crippen molar-refractivity contribution in [2.75, 3.05) is 5.73 Å². The number of carboxylic acid groups (broad SMARTS) is 1. The summed E-state index contributed by atoms with van der Waals surface area (Å²) in [5, 5.41) is 9.01. The molecule has 0 spiro atoms. The lowest BCUT2D eigenvalue weighted by molar-refractivity contribution is 0.0698. The molecule has 86 valence electrons. The van der Waals surface area contributed by atoms with Crippen molar-refractivity contribution in [2.45, 2.75) is 6.92 Å². The van der Waals surface area contributed by atoms with Crippen LogP contribution in [-0.2, 0) is 0 Å². The molecule has 0 saturated heterocycles. The molecule has 2 rings (SSSR count). The molecule has 2 aromatic rings. The first-order chi connectivity index (χ1) is 8.09. The van der Waals surface area contributed by atoms with Crippen molar-refractivity contribution in [1.82, 2.24) is 4.98 Å². The maximum Gasteiger partial charge on any atom is 0.339 e. The summed E-state index contributed by atoms with van der Waals surface area (Å²) in [4.78, 5) is 15.1. The smallest absolute Gasteiger partial charge is 0.339 e. The predicted octanol–water partition coefficient (Wildman–Crippen LogP) is 2.34. The number of aryl methyl sites for hydroxylation is 1. The lowest BCUT2D eigenvalue weighted by Crippen LogP contribution is -2.06. The minimum absolute atomic E-state index is 0.0365. The van der Waals surface area contributed by atoms with Crippen LogP contribution in [0.25, 0.3) is 11.1 Å². The van der Waals surface area contributed by atoms with Crippen molar-refractivity contribution in [2.24, 2.45) is 0 Å². The average molecular weight is 228 g/mol. The summed E-state index contributed by atoms with van der Waals surface area (Å²) in [7, 11) is 0. The molecule has 0 aliphatic rings. The van der Waals surface area contributed by atoms with E-state index in [9.17, 15) is 4.79 Å². The van der Waals surface area contributed by atoms with Gasteiger partial charge in [-0.05, 0) is 18.6 Å². The molecule has 1 aromatic carbocycles. The van der Waals surface area contributed by atoms with Gasteiger partial charge in [-0.1, -0.05) is 30.3 Å². The van der Waals surface area contributed by atoms with Gasteiger partial charge in [-0.2, -0.15) is 0 Å². The van der Waals surface area contributed by atoms with E-state index in [0.717, 1.165) is 16.8 Å². The maximum atomic E-state index is 11.0. The predicted molar refractivity (Wildman–Crippen MR) is 65.8 cm³/mol. The highest BCUT2D eigenvalue weighted by atomic mass is 16.4. The van der Waals surface area contributed by atoms with Crippen LogP contribution in [0, 0.1) is 6.92 Å². The second kappa shape index (κ2) is 4.25. The number of pyridine rings is 1. The fraction of sp³-hybridized carbons (Fsp3) is 0.0769. The number of nitrogens with zero attached hydrogens (tertiary/aromatic N) is 1. The molecular weight excluding hydrogens is 216 g/mol. The zero-order chi connectivity index (χ0) is 12.4. The second-order valence-electron chi connectivity index (χ2n) is 3.73. The van der Waals surface area contributed by atoms with Crippen LogP contribution in [0.3, 0.4) is 0 Å². The van der Waals surface area contributed by atoms with Crippen LogP contribution in [0.1, 0.15) is 16.1 Å². The summed E-state index contributed by atoms with van der Waals surface area (Å²) < 4.78 is 0. The van der Waals surface area contributed by atoms with E-state index in [-0.39, 0.29) is 11.4 Å². The summed E-state index contributed by atoms with van der Waals surface area (Å²) >= 11 is 0. The molecular formula is C13H12N2O2. The third-order valence-corrected chi connectivity index (χ3v) is 2.56. The Balaban J connectivity index is 2.63. The Hall–Kier alpha value is -2.36. The van der Waals surface area contributed by atoms with E-state index in [4.69, 9.17) is 10.8 Å². The van der Waals surface area contributed by atoms with E-state index in [0.29, 0.717) is 0 Å². The van der Waals surface area contributed by atoms with Crippen molar-refractivity contribution < 1.29 is 9.90 Å². The number of nitrogens with two attached hydrogens (primary N) is 1. The van der Waals surface area contributed by atoms with Crippen molar-refractivity contribution >= 4 is 11.8 Å². The number of carbonyl (C=O) groups is 1. The summed E-state index contributed by atoms with van der Waals surface area (Å²) in [6, 6.07) is 11.1. The largest absolute Gasteiger partial charge is 0.478 e. The molecule has 4 nitrogen and oxygen atoms in total. The number of hydrogen-bond acceptors (Lipinski definition) is 3. The normalized spacial score (nSPS) is 10.2. The highest BCUT2D eigenvalue weighted by molar-refractivity contribution is 5.94. The van der Waals surface area contributed by atoms with E-state index in [2.05, 4.69) is 4.98 Å². The molecule has 0 saturated carbocycles. The van der Waals surface area contributed by atoms with Gasteiger partial charge in [0.15, 0.2) is 0 Å². The number of aromatic carboxylic acids is 1. The van der Waals surface area contributed by atoms with Crippen LogP contribution in [-0.4, -0.2) is 16.1 Å². The molecule has 4 heteroatoms. The SMILES string of the molecule is Cc1nc(N)c(C(=O)O)cc1-c1ccccc1. The molecule has 17 heavy (non-hydrogen) atoms. The van der Waals surface area contributed by atoms with Gasteiger partial charge < -0.3 is 10.8 Å². The standard InChI is InChI=1S/C13H12N2O2/c1-8-10(9-5-3-2-4-6-9)7-11(13(16)17)12(14)15-8/h2-7H,1H3,(H2,14,15)(H,16,17). The lowest BCUT2D eigenvalue weighted by Gasteiger charge is -2.08. The fourth-order valence-corrected chi connectivity index (χ4v) is 1.71. The van der Waals surface area contributed by atoms with Crippen LogP contribution < -0.4 is 5.73 Å². The van der Waals surface area contributed by atoms with Crippen LogP contribution in [0.5, 0.6) is 0 Å². The number of hydrogen-bond donors (Lipinski definition) is 2. The second-order valence-corrected chi connectivity index (χ2v) is 3.73. The van der Waals surface area contributed by atoms with Gasteiger partial charge in [-0.15, -0.1) is 0 Å². The molecule has 1 heterocycles. The molecule has 0 fully saturated rings. The fourth-order valence-electron chi connectivity index (χ4n) is 1.71. The minimum atomic E-state index is -1.06. The molecule has 0 bridgehead atoms. The van der Waals surface area contributed by atoms with Crippen molar-refractivity contribution in [3.8, 4) is 11.1 Å². The highest BCUT2D eigenvalue weighted by Gasteiger charge is 2.13. The Labute approximate surface area is 98.7 Å². The zero-order valence-electron chi connectivity index (χ0n) is 9.34. The first-order valence-electron chi connectivity index (χ1n) is 5.15. The van der Waals surface area contributed by atoms with Crippen LogP contribution in [0.4, 0.5) is 5.82 Å². The number of carboxylic acids is 1. The molecule has 3 N–H and O–H groups in total. The van der Waals surface area contributed by atoms with Crippen LogP contribution in [0.15, 0.2) is 36.4 Å². The summed E-state index contributed by atoms with van der Waals surface area (Å²) in [5.74, 6) is -1.01. The van der Waals surface area contributed by atoms with E-state index >= 15 is 0 Å². The Morgan fingerprint density at radius 2 is 1.94 bits per heavy atom. The Kier molecular flexibility index (Phi) is 2.78. The number of aromatic nitrogens is 1. The summed E-state index contributed by atoms with van der Waals surface area (Å²) in [6.07, 6.45) is 0. The number of benzene rings is 1. The van der Waals surface area contributed by atoms with E-state index in [1.165, 1.54) is 0 Å². The quantitative estimate of drug-likeness (QED) is 0.827. The first-order valence-corrected chi connectivity index (χ1v) is 5.15. The molecule has 1 aromatic heterocycles. The summed E-state index contributed by atoms with van der Waals surface area (Å²) in [5.41, 5.74) is 8.05. The Bertz CT molecular complexity index is 565. The minimum Gasteiger partial charge on any atom is -0.478 e. The number of nitrogen functional groups attached to an aromatic ring is 1. The third-order valence-electron chi connectivity index (χ3n) is 2.56. The average Bonchev–Trinajstić information content (AvgIpc) is 2.29. The van der Waals surface area contributed by atoms with Crippen molar-refractivity contribution in [3.63, 3.8) is 0 Å². The van der Waals surface area contributed by atoms with Crippen LogP contribution >= 0.6 is 0 Å². The van der Waals surface area contributed by atoms with Gasteiger partial charge in [0.1, 0.15) is 11.4 Å². The van der Waals surface area contributed by atoms with Gasteiger partial charge >= 0.3 is 5.97 Å². The topological polar surface area (TPSA) is 76.2 Å². The Morgan fingerprint density at radius 3 is 2.53 bits per heavy atom. The molecule has 0 atom stereocenters. The van der Waals surface area contributed by atoms with Gasteiger partial charge in [-0.3, -0.25) is 0 Å². The molecule has 0 aliphatic heterocycles. The van der Waals surface area contributed by atoms with Crippen molar-refractivity contribution in [1.29, 1.82) is 0 Å². The van der Waals surface area contributed by atoms with Gasteiger partial charge in [0.2, 0.25) is 0 Å². The molecule has 0 amide bonds. The van der Waals surface area contributed by atoms with E-state index in [1.807, 2.05) is 37.3 Å². The van der Waals surface area contributed by atoms with Crippen molar-refractivity contribution in [3.05, 3.63) is 47.7 Å². The van der Waals surface area contributed by atoms with Gasteiger partial charge in [0.25, 0.3) is 0 Å². The molecule has 0 unspecified atom stereocenters. The Morgan fingerprint density at radius 1 is 1.29 bits per heavy atom. The lowest BCUT2D eigenvalue weighted by atomic mass is 10.0. The van der Waals surface area contributed by atoms with Gasteiger partial charge in [-0.25, -0.2) is 9.78 Å². The highest BCUT2D eigenvalue weighted by Crippen LogP contribution is 2.25. The third kappa shape index (κ3) is 2.10.